The minimum Gasteiger partial charge on any atom is -0.0651 e. The Labute approximate surface area is 158 Å². The van der Waals surface area contributed by atoms with Crippen molar-refractivity contribution in [3.63, 3.8) is 0 Å². The maximum atomic E-state index is 2.39. The molecule has 144 valence electrons. The van der Waals surface area contributed by atoms with E-state index in [9.17, 15) is 0 Å². The van der Waals surface area contributed by atoms with Crippen LogP contribution >= 0.6 is 0 Å². The van der Waals surface area contributed by atoms with Crippen LogP contribution in [0, 0.1) is 30.6 Å². The van der Waals surface area contributed by atoms with E-state index in [1.807, 2.05) is 0 Å². The van der Waals surface area contributed by atoms with E-state index in [1.165, 1.54) is 62.5 Å². The van der Waals surface area contributed by atoms with Gasteiger partial charge in [-0.3, -0.25) is 0 Å². The molecular formula is C25H44. The Bertz CT molecular complexity index is 427. The van der Waals surface area contributed by atoms with E-state index >= 15 is 0 Å². The van der Waals surface area contributed by atoms with Crippen LogP contribution in [0.3, 0.4) is 0 Å². The summed E-state index contributed by atoms with van der Waals surface area (Å²) in [5, 5.41) is 0. The summed E-state index contributed by atoms with van der Waals surface area (Å²) in [6, 6.07) is 8.49. The molecule has 25 heavy (non-hydrogen) atoms. The summed E-state index contributed by atoms with van der Waals surface area (Å²) in [7, 11) is 0. The molecule has 2 fully saturated rings. The normalized spacial score (nSPS) is 27.9. The number of hydrogen-bond donors (Lipinski definition) is 0. The van der Waals surface area contributed by atoms with Crippen LogP contribution in [0.1, 0.15) is 97.1 Å². The van der Waals surface area contributed by atoms with Crippen molar-refractivity contribution < 1.29 is 0 Å². The lowest BCUT2D eigenvalue weighted by atomic mass is 9.96. The van der Waals surface area contributed by atoms with E-state index in [0.717, 1.165) is 30.1 Å². The van der Waals surface area contributed by atoms with Crippen molar-refractivity contribution in [1.29, 1.82) is 0 Å². The van der Waals surface area contributed by atoms with Gasteiger partial charge >= 0.3 is 0 Å². The molecule has 0 bridgehead atoms. The van der Waals surface area contributed by atoms with Crippen LogP contribution in [0.2, 0.25) is 0 Å². The first-order valence-electron chi connectivity index (χ1n) is 11.1. The minimum absolute atomic E-state index is 1.03. The maximum absolute atomic E-state index is 2.39. The summed E-state index contributed by atoms with van der Waals surface area (Å²) in [5.74, 6) is 4.19. The Balaban J connectivity index is 0.000000188. The zero-order chi connectivity index (χ0) is 18.7. The van der Waals surface area contributed by atoms with Crippen LogP contribution in [0.5, 0.6) is 0 Å². The predicted molar refractivity (Wildman–Crippen MR) is 114 cm³/mol. The summed E-state index contributed by atoms with van der Waals surface area (Å²) in [6.45, 7) is 13.7. The summed E-state index contributed by atoms with van der Waals surface area (Å²) < 4.78 is 0. The van der Waals surface area contributed by atoms with Crippen LogP contribution in [-0.4, -0.2) is 0 Å². The summed E-state index contributed by atoms with van der Waals surface area (Å²) in [5.41, 5.74) is 2.86. The van der Waals surface area contributed by atoms with Crippen LogP contribution < -0.4 is 0 Å². The third-order valence-electron chi connectivity index (χ3n) is 6.77. The maximum Gasteiger partial charge on any atom is -0.0305 e. The highest BCUT2D eigenvalue weighted by Crippen LogP contribution is 2.33. The molecule has 0 aromatic heterocycles. The lowest BCUT2D eigenvalue weighted by molar-refractivity contribution is 0.407. The topological polar surface area (TPSA) is 0 Å². The second-order valence-electron chi connectivity index (χ2n) is 8.43. The third-order valence-corrected chi connectivity index (χ3v) is 6.77. The van der Waals surface area contributed by atoms with Crippen molar-refractivity contribution in [2.75, 3.05) is 0 Å². The summed E-state index contributed by atoms with van der Waals surface area (Å²) in [6.07, 6.45) is 12.9. The molecule has 4 unspecified atom stereocenters. The Kier molecular flexibility index (Phi) is 11.2. The molecule has 0 aliphatic heterocycles. The van der Waals surface area contributed by atoms with Gasteiger partial charge in [-0.2, -0.15) is 0 Å². The minimum atomic E-state index is 1.03. The zero-order valence-corrected chi connectivity index (χ0v) is 18.0. The SMILES string of the molecule is CCC1CCCC1C.CCC1CCCC1C.CCc1ccccc1C. The van der Waals surface area contributed by atoms with E-state index in [4.69, 9.17) is 0 Å². The lowest BCUT2D eigenvalue weighted by Gasteiger charge is -2.10. The molecule has 0 saturated heterocycles. The highest BCUT2D eigenvalue weighted by molar-refractivity contribution is 5.24. The van der Waals surface area contributed by atoms with Gasteiger partial charge in [0, 0.05) is 0 Å². The van der Waals surface area contributed by atoms with Crippen molar-refractivity contribution in [3.05, 3.63) is 35.4 Å². The molecule has 4 atom stereocenters. The fourth-order valence-electron chi connectivity index (χ4n) is 4.66. The van der Waals surface area contributed by atoms with Gasteiger partial charge in [0.25, 0.3) is 0 Å². The molecule has 2 aliphatic carbocycles. The van der Waals surface area contributed by atoms with Gasteiger partial charge in [0.15, 0.2) is 0 Å². The van der Waals surface area contributed by atoms with Crippen LogP contribution in [0.4, 0.5) is 0 Å². The molecule has 0 N–H and O–H groups in total. The number of benzene rings is 1. The first kappa shape index (κ1) is 22.3. The fraction of sp³-hybridized carbons (Fsp3) is 0.760. The molecule has 0 heteroatoms. The van der Waals surface area contributed by atoms with Crippen molar-refractivity contribution >= 4 is 0 Å². The van der Waals surface area contributed by atoms with Crippen molar-refractivity contribution in [3.8, 4) is 0 Å². The smallest absolute Gasteiger partial charge is 0.0305 e. The van der Waals surface area contributed by atoms with E-state index in [-0.39, 0.29) is 0 Å². The Morgan fingerprint density at radius 2 is 1.24 bits per heavy atom. The van der Waals surface area contributed by atoms with Gasteiger partial charge < -0.3 is 0 Å². The standard InChI is InChI=1S/C9H12.2C8H16/c1-3-9-7-5-4-6-8(9)2;2*1-3-8-6-4-5-7(8)2/h4-7H,3H2,1-2H3;2*7-8H,3-6H2,1-2H3. The third kappa shape index (κ3) is 7.97. The molecule has 0 amide bonds. The Morgan fingerprint density at radius 3 is 1.48 bits per heavy atom. The van der Waals surface area contributed by atoms with Crippen molar-refractivity contribution in [2.24, 2.45) is 23.7 Å². The van der Waals surface area contributed by atoms with Gasteiger partial charge in [-0.05, 0) is 48.1 Å². The second-order valence-corrected chi connectivity index (χ2v) is 8.43. The van der Waals surface area contributed by atoms with E-state index in [2.05, 4.69) is 65.8 Å². The average molecular weight is 345 g/mol. The molecule has 2 aliphatic rings. The van der Waals surface area contributed by atoms with E-state index in [1.54, 1.807) is 0 Å². The number of aryl methyl sites for hydroxylation is 2. The first-order valence-corrected chi connectivity index (χ1v) is 11.1. The molecule has 3 rings (SSSR count). The Hall–Kier alpha value is -0.780. The molecule has 0 nitrogen and oxygen atoms in total. The lowest BCUT2D eigenvalue weighted by Crippen LogP contribution is -2.00. The fourth-order valence-corrected chi connectivity index (χ4v) is 4.66. The molecule has 1 aromatic carbocycles. The molecule has 0 heterocycles. The van der Waals surface area contributed by atoms with Gasteiger partial charge in [-0.1, -0.05) is 110 Å². The number of rotatable bonds is 3. The van der Waals surface area contributed by atoms with Crippen LogP contribution in [0.25, 0.3) is 0 Å². The Morgan fingerprint density at radius 1 is 0.760 bits per heavy atom. The van der Waals surface area contributed by atoms with Crippen LogP contribution in [0.15, 0.2) is 24.3 Å². The zero-order valence-electron chi connectivity index (χ0n) is 18.0. The quantitative estimate of drug-likeness (QED) is 0.518. The highest BCUT2D eigenvalue weighted by atomic mass is 14.3. The largest absolute Gasteiger partial charge is 0.0651 e. The van der Waals surface area contributed by atoms with Gasteiger partial charge in [0.05, 0.1) is 0 Å². The van der Waals surface area contributed by atoms with Crippen molar-refractivity contribution in [2.45, 2.75) is 99.3 Å². The first-order chi connectivity index (χ1) is 12.0. The van der Waals surface area contributed by atoms with Gasteiger partial charge in [0.1, 0.15) is 0 Å². The average Bonchev–Trinajstić information content (AvgIpc) is 3.24. The number of hydrogen-bond acceptors (Lipinski definition) is 0. The summed E-state index contributed by atoms with van der Waals surface area (Å²) >= 11 is 0. The van der Waals surface area contributed by atoms with Crippen molar-refractivity contribution in [1.82, 2.24) is 0 Å². The molecule has 1 aromatic rings. The van der Waals surface area contributed by atoms with Gasteiger partial charge in [0.2, 0.25) is 0 Å². The molecule has 0 radical (unpaired) electrons. The molecule has 0 spiro atoms. The second kappa shape index (κ2) is 12.6. The predicted octanol–water partition coefficient (Wildman–Crippen LogP) is 8.22. The van der Waals surface area contributed by atoms with E-state index < -0.39 is 0 Å². The van der Waals surface area contributed by atoms with Gasteiger partial charge in [-0.25, -0.2) is 0 Å². The monoisotopic (exact) mass is 344 g/mol. The molecule has 2 saturated carbocycles. The van der Waals surface area contributed by atoms with Gasteiger partial charge in [-0.15, -0.1) is 0 Å². The highest BCUT2D eigenvalue weighted by Gasteiger charge is 2.21. The molecular weight excluding hydrogens is 300 g/mol. The van der Waals surface area contributed by atoms with Crippen LogP contribution in [-0.2, 0) is 6.42 Å². The summed E-state index contributed by atoms with van der Waals surface area (Å²) in [4.78, 5) is 0. The van der Waals surface area contributed by atoms with E-state index in [0.29, 0.717) is 0 Å².